The van der Waals surface area contributed by atoms with Gasteiger partial charge in [0.15, 0.2) is 0 Å². The number of hydrogen-bond donors (Lipinski definition) is 0. The number of carbonyl (C=O) groups is 2. The van der Waals surface area contributed by atoms with Crippen LogP contribution in [-0.4, -0.2) is 60.8 Å². The van der Waals surface area contributed by atoms with Crippen molar-refractivity contribution in [3.8, 4) is 0 Å². The average molecular weight is 369 g/mol. The minimum Gasteiger partial charge on any atom is -0.468 e. The normalized spacial score (nSPS) is 17.1. The fraction of sp³-hybridized carbons (Fsp3) is 0.556. The lowest BCUT2D eigenvalue weighted by molar-refractivity contribution is -0.148. The molecular weight excluding hydrogens is 344 g/mol. The summed E-state index contributed by atoms with van der Waals surface area (Å²) in [6.07, 6.45) is -0.334. The first-order chi connectivity index (χ1) is 11.7. The Morgan fingerprint density at radius 2 is 1.72 bits per heavy atom. The van der Waals surface area contributed by atoms with Crippen LogP contribution in [0.3, 0.4) is 0 Å². The molecule has 1 aliphatic rings. The Morgan fingerprint density at radius 1 is 1.12 bits per heavy atom. The van der Waals surface area contributed by atoms with Crippen LogP contribution >= 0.6 is 11.6 Å². The van der Waals surface area contributed by atoms with Crippen molar-refractivity contribution in [1.29, 1.82) is 0 Å². The van der Waals surface area contributed by atoms with E-state index in [9.17, 15) is 9.59 Å². The first-order valence-corrected chi connectivity index (χ1v) is 8.65. The van der Waals surface area contributed by atoms with Gasteiger partial charge in [-0.2, -0.15) is 0 Å². The summed E-state index contributed by atoms with van der Waals surface area (Å²) in [5, 5.41) is 0.521. The van der Waals surface area contributed by atoms with Crippen LogP contribution in [0.1, 0.15) is 32.4 Å². The molecule has 6 nitrogen and oxygen atoms in total. The van der Waals surface area contributed by atoms with E-state index in [1.165, 1.54) is 7.11 Å². The standard InChI is InChI=1S/C18H25ClN2O4/c1-18(2,3)25-17(23)21-11-9-20(10-12-21)15(16(22)24-4)13-7-5-6-8-14(13)19/h5-8,15H,9-12H2,1-4H3/t15-/m1/s1. The number of halogens is 1. The summed E-state index contributed by atoms with van der Waals surface area (Å²) >= 11 is 6.27. The van der Waals surface area contributed by atoms with Crippen LogP contribution in [0.4, 0.5) is 4.79 Å². The highest BCUT2D eigenvalue weighted by molar-refractivity contribution is 6.31. The summed E-state index contributed by atoms with van der Waals surface area (Å²) in [6.45, 7) is 7.54. The van der Waals surface area contributed by atoms with Crippen molar-refractivity contribution in [3.05, 3.63) is 34.9 Å². The Balaban J connectivity index is 2.09. The number of rotatable bonds is 3. The molecule has 1 amide bonds. The molecule has 0 spiro atoms. The van der Waals surface area contributed by atoms with Gasteiger partial charge in [0.25, 0.3) is 0 Å². The fourth-order valence-corrected chi connectivity index (χ4v) is 3.01. The molecule has 2 rings (SSSR count). The van der Waals surface area contributed by atoms with Gasteiger partial charge in [-0.1, -0.05) is 29.8 Å². The molecule has 1 atom stereocenters. The van der Waals surface area contributed by atoms with Crippen molar-refractivity contribution in [2.75, 3.05) is 33.3 Å². The van der Waals surface area contributed by atoms with E-state index < -0.39 is 11.6 Å². The van der Waals surface area contributed by atoms with E-state index in [0.717, 1.165) is 0 Å². The van der Waals surface area contributed by atoms with Crippen molar-refractivity contribution in [3.63, 3.8) is 0 Å². The van der Waals surface area contributed by atoms with Crippen molar-refractivity contribution >= 4 is 23.7 Å². The lowest BCUT2D eigenvalue weighted by Crippen LogP contribution is -2.52. The van der Waals surface area contributed by atoms with Crippen molar-refractivity contribution < 1.29 is 19.1 Å². The van der Waals surface area contributed by atoms with Gasteiger partial charge in [0.2, 0.25) is 0 Å². The van der Waals surface area contributed by atoms with Crippen LogP contribution in [-0.2, 0) is 14.3 Å². The van der Waals surface area contributed by atoms with Gasteiger partial charge in [-0.05, 0) is 32.4 Å². The third-order valence-electron chi connectivity index (χ3n) is 3.96. The number of piperazine rings is 1. The monoisotopic (exact) mass is 368 g/mol. The maximum absolute atomic E-state index is 12.3. The summed E-state index contributed by atoms with van der Waals surface area (Å²) in [4.78, 5) is 28.2. The predicted molar refractivity (Wildman–Crippen MR) is 95.6 cm³/mol. The Labute approximate surface area is 153 Å². The molecular formula is C18H25ClN2O4. The summed E-state index contributed by atoms with van der Waals surface area (Å²) in [7, 11) is 1.36. The molecule has 7 heteroatoms. The Hall–Kier alpha value is -1.79. The molecule has 0 unspecified atom stereocenters. The Kier molecular flexibility index (Phi) is 6.30. The zero-order chi connectivity index (χ0) is 18.6. The summed E-state index contributed by atoms with van der Waals surface area (Å²) < 4.78 is 10.4. The molecule has 138 valence electrons. The number of methoxy groups -OCH3 is 1. The van der Waals surface area contributed by atoms with Gasteiger partial charge in [-0.15, -0.1) is 0 Å². The topological polar surface area (TPSA) is 59.1 Å². The Bertz CT molecular complexity index is 622. The van der Waals surface area contributed by atoms with Crippen molar-refractivity contribution in [2.24, 2.45) is 0 Å². The minimum absolute atomic E-state index is 0.334. The highest BCUT2D eigenvalue weighted by atomic mass is 35.5. The van der Waals surface area contributed by atoms with Gasteiger partial charge in [0, 0.05) is 31.2 Å². The summed E-state index contributed by atoms with van der Waals surface area (Å²) in [5.41, 5.74) is 0.182. The Morgan fingerprint density at radius 3 is 2.24 bits per heavy atom. The lowest BCUT2D eigenvalue weighted by atomic mass is 10.0. The van der Waals surface area contributed by atoms with E-state index in [4.69, 9.17) is 21.1 Å². The van der Waals surface area contributed by atoms with Gasteiger partial charge in [-0.3, -0.25) is 4.90 Å². The number of amides is 1. The van der Waals surface area contributed by atoms with Gasteiger partial charge >= 0.3 is 12.1 Å². The molecule has 1 aliphatic heterocycles. The van der Waals surface area contributed by atoms with Crippen LogP contribution < -0.4 is 0 Å². The van der Waals surface area contributed by atoms with Crippen molar-refractivity contribution in [1.82, 2.24) is 9.80 Å². The minimum atomic E-state index is -0.584. The number of hydrogen-bond acceptors (Lipinski definition) is 5. The van der Waals surface area contributed by atoms with E-state index in [1.54, 1.807) is 11.0 Å². The number of benzene rings is 1. The largest absolute Gasteiger partial charge is 0.468 e. The van der Waals surface area contributed by atoms with E-state index in [0.29, 0.717) is 36.8 Å². The maximum Gasteiger partial charge on any atom is 0.410 e. The van der Waals surface area contributed by atoms with Crippen LogP contribution in [0.2, 0.25) is 5.02 Å². The van der Waals surface area contributed by atoms with Gasteiger partial charge in [0.05, 0.1) is 7.11 Å². The molecule has 0 saturated carbocycles. The number of carbonyl (C=O) groups excluding carboxylic acids is 2. The van der Waals surface area contributed by atoms with Crippen LogP contribution in [0.15, 0.2) is 24.3 Å². The smallest absolute Gasteiger partial charge is 0.410 e. The third-order valence-corrected chi connectivity index (χ3v) is 4.30. The van der Waals surface area contributed by atoms with E-state index in [-0.39, 0.29) is 12.1 Å². The quantitative estimate of drug-likeness (QED) is 0.767. The molecule has 0 aliphatic carbocycles. The molecule has 0 bridgehead atoms. The summed E-state index contributed by atoms with van der Waals surface area (Å²) in [5.74, 6) is -0.362. The third kappa shape index (κ3) is 5.09. The van der Waals surface area contributed by atoms with Gasteiger partial charge in [-0.25, -0.2) is 9.59 Å². The van der Waals surface area contributed by atoms with Crippen LogP contribution in [0.25, 0.3) is 0 Å². The molecule has 0 radical (unpaired) electrons. The predicted octanol–water partition coefficient (Wildman–Crippen LogP) is 3.11. The van der Waals surface area contributed by atoms with Crippen LogP contribution in [0, 0.1) is 0 Å². The molecule has 25 heavy (non-hydrogen) atoms. The second-order valence-electron chi connectivity index (χ2n) is 6.95. The maximum atomic E-state index is 12.3. The molecule has 1 aromatic carbocycles. The highest BCUT2D eigenvalue weighted by Crippen LogP contribution is 2.29. The molecule has 0 aromatic heterocycles. The highest BCUT2D eigenvalue weighted by Gasteiger charge is 2.34. The van der Waals surface area contributed by atoms with Gasteiger partial charge in [0.1, 0.15) is 11.6 Å². The second-order valence-corrected chi connectivity index (χ2v) is 7.36. The fourth-order valence-electron chi connectivity index (χ4n) is 2.77. The first kappa shape index (κ1) is 19.5. The molecule has 0 N–H and O–H groups in total. The van der Waals surface area contributed by atoms with Gasteiger partial charge < -0.3 is 14.4 Å². The SMILES string of the molecule is COC(=O)[C@@H](c1ccccc1Cl)N1CCN(C(=O)OC(C)(C)C)CC1. The lowest BCUT2D eigenvalue weighted by Gasteiger charge is -2.38. The number of esters is 1. The zero-order valence-electron chi connectivity index (χ0n) is 15.1. The van der Waals surface area contributed by atoms with Crippen LogP contribution in [0.5, 0.6) is 0 Å². The first-order valence-electron chi connectivity index (χ1n) is 8.27. The van der Waals surface area contributed by atoms with Crippen molar-refractivity contribution in [2.45, 2.75) is 32.4 Å². The second kappa shape index (κ2) is 8.06. The van der Waals surface area contributed by atoms with E-state index in [2.05, 4.69) is 0 Å². The molecule has 1 aromatic rings. The molecule has 1 fully saturated rings. The van der Waals surface area contributed by atoms with E-state index >= 15 is 0 Å². The van der Waals surface area contributed by atoms with E-state index in [1.807, 2.05) is 43.9 Å². The average Bonchev–Trinajstić information content (AvgIpc) is 2.55. The molecule has 1 heterocycles. The molecule has 1 saturated heterocycles. The zero-order valence-corrected chi connectivity index (χ0v) is 15.9. The summed E-state index contributed by atoms with van der Waals surface area (Å²) in [6, 6.07) is 6.65. The number of nitrogens with zero attached hydrogens (tertiary/aromatic N) is 2. The number of ether oxygens (including phenoxy) is 2.